The van der Waals surface area contributed by atoms with Gasteiger partial charge in [-0.25, -0.2) is 0 Å². The van der Waals surface area contributed by atoms with E-state index in [1.807, 2.05) is 0 Å². The van der Waals surface area contributed by atoms with Crippen molar-refractivity contribution in [3.63, 3.8) is 0 Å². The molecule has 0 aliphatic heterocycles. The quantitative estimate of drug-likeness (QED) is 0.874. The van der Waals surface area contributed by atoms with Gasteiger partial charge in [0.1, 0.15) is 5.75 Å². The fraction of sp³-hybridized carbons (Fsp3) is 0.455. The van der Waals surface area contributed by atoms with E-state index in [4.69, 9.17) is 22.1 Å². The van der Waals surface area contributed by atoms with Gasteiger partial charge in [0.05, 0.1) is 11.6 Å². The van der Waals surface area contributed by atoms with E-state index < -0.39 is 18.6 Å². The highest BCUT2D eigenvalue weighted by molar-refractivity contribution is 9.10. The van der Waals surface area contributed by atoms with E-state index in [1.54, 1.807) is 6.07 Å². The van der Waals surface area contributed by atoms with Crippen molar-refractivity contribution in [2.75, 3.05) is 7.11 Å². The number of ether oxygens (including phenoxy) is 1. The second-order valence-electron chi connectivity index (χ2n) is 3.77. The van der Waals surface area contributed by atoms with Crippen LogP contribution in [0, 0.1) is 0 Å². The first kappa shape index (κ1) is 15.6. The fourth-order valence-corrected chi connectivity index (χ4v) is 2.54. The minimum Gasteiger partial charge on any atom is -0.495 e. The zero-order chi connectivity index (χ0) is 13.9. The van der Waals surface area contributed by atoms with Gasteiger partial charge in [-0.2, -0.15) is 13.2 Å². The van der Waals surface area contributed by atoms with E-state index in [0.29, 0.717) is 20.8 Å². The molecule has 1 rings (SSSR count). The molecule has 0 saturated heterocycles. The van der Waals surface area contributed by atoms with Crippen molar-refractivity contribution in [3.05, 3.63) is 27.2 Å². The molecule has 0 aliphatic rings. The molecule has 1 unspecified atom stereocenters. The molecule has 0 aliphatic carbocycles. The number of hydrogen-bond donors (Lipinski definition) is 1. The van der Waals surface area contributed by atoms with E-state index in [9.17, 15) is 13.2 Å². The van der Waals surface area contributed by atoms with E-state index in [-0.39, 0.29) is 6.42 Å². The number of hydrogen-bond acceptors (Lipinski definition) is 2. The molecule has 1 atom stereocenters. The standard InChI is InChI=1S/C11H12BrClF3NO/c1-18-10-7(4-6(13)5-8(10)12)9(17)2-3-11(14,15)16/h4-5,9H,2-3,17H2,1H3. The first-order chi connectivity index (χ1) is 8.24. The second-order valence-corrected chi connectivity index (χ2v) is 5.06. The van der Waals surface area contributed by atoms with Gasteiger partial charge in [0.15, 0.2) is 0 Å². The van der Waals surface area contributed by atoms with E-state index in [1.165, 1.54) is 13.2 Å². The largest absolute Gasteiger partial charge is 0.495 e. The lowest BCUT2D eigenvalue weighted by atomic mass is 10.0. The summed E-state index contributed by atoms with van der Waals surface area (Å²) in [5, 5.41) is 0.389. The fourth-order valence-electron chi connectivity index (χ4n) is 1.55. The molecule has 0 radical (unpaired) electrons. The summed E-state index contributed by atoms with van der Waals surface area (Å²) in [6, 6.07) is 2.34. The Hall–Kier alpha value is -0.460. The maximum absolute atomic E-state index is 12.2. The van der Waals surface area contributed by atoms with Crippen LogP contribution in [0.3, 0.4) is 0 Å². The molecule has 0 fully saturated rings. The van der Waals surface area contributed by atoms with Crippen molar-refractivity contribution in [1.82, 2.24) is 0 Å². The number of benzene rings is 1. The van der Waals surface area contributed by atoms with Gasteiger partial charge in [-0.05, 0) is 34.5 Å². The van der Waals surface area contributed by atoms with Gasteiger partial charge in [-0.1, -0.05) is 11.6 Å². The van der Waals surface area contributed by atoms with Crippen molar-refractivity contribution < 1.29 is 17.9 Å². The molecule has 2 N–H and O–H groups in total. The summed E-state index contributed by atoms with van der Waals surface area (Å²) < 4.78 is 42.1. The summed E-state index contributed by atoms with van der Waals surface area (Å²) in [5.74, 6) is 0.411. The molecule has 2 nitrogen and oxygen atoms in total. The number of rotatable bonds is 4. The Bertz CT molecular complexity index is 425. The second kappa shape index (κ2) is 6.12. The Morgan fingerprint density at radius 2 is 2.06 bits per heavy atom. The van der Waals surface area contributed by atoms with Gasteiger partial charge in [0.2, 0.25) is 0 Å². The number of nitrogens with two attached hydrogens (primary N) is 1. The lowest BCUT2D eigenvalue weighted by Crippen LogP contribution is -2.16. The molecule has 1 aromatic rings. The zero-order valence-electron chi connectivity index (χ0n) is 9.52. The van der Waals surface area contributed by atoms with E-state index in [0.717, 1.165) is 0 Å². The molecule has 18 heavy (non-hydrogen) atoms. The Balaban J connectivity index is 2.94. The predicted molar refractivity (Wildman–Crippen MR) is 67.9 cm³/mol. The van der Waals surface area contributed by atoms with Crippen LogP contribution in [0.1, 0.15) is 24.4 Å². The summed E-state index contributed by atoms with van der Waals surface area (Å²) in [7, 11) is 1.42. The average molecular weight is 347 g/mol. The first-order valence-electron chi connectivity index (χ1n) is 5.10. The van der Waals surface area contributed by atoms with Crippen LogP contribution in [-0.2, 0) is 0 Å². The van der Waals surface area contributed by atoms with Crippen LogP contribution >= 0.6 is 27.5 Å². The maximum atomic E-state index is 12.2. The number of alkyl halides is 3. The summed E-state index contributed by atoms with van der Waals surface area (Å²) in [4.78, 5) is 0. The summed E-state index contributed by atoms with van der Waals surface area (Å²) in [6.07, 6.45) is -5.38. The van der Waals surface area contributed by atoms with Gasteiger partial charge in [-0.15, -0.1) is 0 Å². The zero-order valence-corrected chi connectivity index (χ0v) is 11.9. The van der Waals surface area contributed by atoms with Gasteiger partial charge in [0, 0.05) is 23.0 Å². The highest BCUT2D eigenvalue weighted by atomic mass is 79.9. The highest BCUT2D eigenvalue weighted by Gasteiger charge is 2.28. The minimum atomic E-state index is -4.22. The van der Waals surface area contributed by atoms with Gasteiger partial charge >= 0.3 is 6.18 Å². The Labute approximate surface area is 116 Å². The molecule has 0 saturated carbocycles. The van der Waals surface area contributed by atoms with Gasteiger partial charge < -0.3 is 10.5 Å². The van der Waals surface area contributed by atoms with Crippen molar-refractivity contribution in [1.29, 1.82) is 0 Å². The van der Waals surface area contributed by atoms with Crippen molar-refractivity contribution in [2.24, 2.45) is 5.73 Å². The molecule has 7 heteroatoms. The van der Waals surface area contributed by atoms with Crippen molar-refractivity contribution in [2.45, 2.75) is 25.1 Å². The van der Waals surface area contributed by atoms with Crippen LogP contribution in [0.2, 0.25) is 5.02 Å². The molecule has 0 amide bonds. The summed E-state index contributed by atoms with van der Waals surface area (Å²) >= 11 is 9.08. The average Bonchev–Trinajstić information content (AvgIpc) is 2.24. The topological polar surface area (TPSA) is 35.2 Å². The van der Waals surface area contributed by atoms with Crippen LogP contribution < -0.4 is 10.5 Å². The van der Waals surface area contributed by atoms with Crippen molar-refractivity contribution in [3.8, 4) is 5.75 Å². The van der Waals surface area contributed by atoms with Crippen molar-refractivity contribution >= 4 is 27.5 Å². The highest BCUT2D eigenvalue weighted by Crippen LogP contribution is 2.37. The smallest absolute Gasteiger partial charge is 0.389 e. The molecule has 0 heterocycles. The summed E-state index contributed by atoms with van der Waals surface area (Å²) in [5.41, 5.74) is 6.22. The third-order valence-corrected chi connectivity index (χ3v) is 3.19. The van der Waals surface area contributed by atoms with E-state index in [2.05, 4.69) is 15.9 Å². The molecule has 102 valence electrons. The molecule has 0 aromatic heterocycles. The molecular formula is C11H12BrClF3NO. The Morgan fingerprint density at radius 3 is 2.56 bits per heavy atom. The lowest BCUT2D eigenvalue weighted by molar-refractivity contribution is -0.136. The molecule has 1 aromatic carbocycles. The van der Waals surface area contributed by atoms with Crippen LogP contribution in [0.5, 0.6) is 5.75 Å². The normalized spacial score (nSPS) is 13.5. The van der Waals surface area contributed by atoms with Gasteiger partial charge in [0.25, 0.3) is 0 Å². The van der Waals surface area contributed by atoms with Crippen LogP contribution in [0.15, 0.2) is 16.6 Å². The molecule has 0 spiro atoms. The van der Waals surface area contributed by atoms with Gasteiger partial charge in [-0.3, -0.25) is 0 Å². The SMILES string of the molecule is COc1c(Br)cc(Cl)cc1C(N)CCC(F)(F)F. The number of halogens is 5. The van der Waals surface area contributed by atoms with Crippen LogP contribution in [-0.4, -0.2) is 13.3 Å². The third kappa shape index (κ3) is 4.33. The van der Waals surface area contributed by atoms with Crippen LogP contribution in [0.25, 0.3) is 0 Å². The maximum Gasteiger partial charge on any atom is 0.389 e. The molecular weight excluding hydrogens is 334 g/mol. The number of methoxy groups -OCH3 is 1. The Morgan fingerprint density at radius 1 is 1.44 bits per heavy atom. The predicted octanol–water partition coefficient (Wildman–Crippen LogP) is 4.45. The monoisotopic (exact) mass is 345 g/mol. The summed E-state index contributed by atoms with van der Waals surface area (Å²) in [6.45, 7) is 0. The minimum absolute atomic E-state index is 0.216. The van der Waals surface area contributed by atoms with E-state index >= 15 is 0 Å². The third-order valence-electron chi connectivity index (χ3n) is 2.38. The lowest BCUT2D eigenvalue weighted by Gasteiger charge is -2.18. The molecule has 0 bridgehead atoms. The first-order valence-corrected chi connectivity index (χ1v) is 6.27. The Kier molecular flexibility index (Phi) is 5.31. The van der Waals surface area contributed by atoms with Crippen LogP contribution in [0.4, 0.5) is 13.2 Å².